The summed E-state index contributed by atoms with van der Waals surface area (Å²) in [4.78, 5) is 10.1. The molecular weight excluding hydrogens is 256 g/mol. The van der Waals surface area contributed by atoms with Crippen LogP contribution in [0.1, 0.15) is 38.3 Å². The maximum atomic E-state index is 10.7. The first-order valence-electron chi connectivity index (χ1n) is 5.64. The van der Waals surface area contributed by atoms with Gasteiger partial charge in [-0.15, -0.1) is 12.4 Å². The number of hydrogen-bond acceptors (Lipinski definition) is 4. The Hall–Kier alpha value is -1.33. The maximum absolute atomic E-state index is 10.7. The lowest BCUT2D eigenvalue weighted by molar-refractivity contribution is -0.385. The van der Waals surface area contributed by atoms with Gasteiger partial charge < -0.3 is 10.8 Å². The zero-order chi connectivity index (χ0) is 13.0. The van der Waals surface area contributed by atoms with Crippen LogP contribution in [0.25, 0.3) is 0 Å². The van der Waals surface area contributed by atoms with Crippen molar-refractivity contribution in [1.29, 1.82) is 0 Å². The van der Waals surface area contributed by atoms with Crippen LogP contribution in [0.3, 0.4) is 0 Å². The van der Waals surface area contributed by atoms with Gasteiger partial charge in [0, 0.05) is 12.1 Å². The van der Waals surface area contributed by atoms with Crippen molar-refractivity contribution in [2.75, 3.05) is 0 Å². The van der Waals surface area contributed by atoms with Crippen molar-refractivity contribution in [1.82, 2.24) is 0 Å². The minimum absolute atomic E-state index is 0. The van der Waals surface area contributed by atoms with Crippen LogP contribution in [0.2, 0.25) is 0 Å². The number of nitrogens with zero attached hydrogens (tertiary/aromatic N) is 1. The van der Waals surface area contributed by atoms with Crippen molar-refractivity contribution >= 4 is 18.1 Å². The molecule has 5 nitrogen and oxygen atoms in total. The van der Waals surface area contributed by atoms with E-state index in [0.717, 1.165) is 12.8 Å². The molecule has 0 heterocycles. The molecule has 0 radical (unpaired) electrons. The van der Waals surface area contributed by atoms with Crippen molar-refractivity contribution < 1.29 is 10.0 Å². The largest absolute Gasteiger partial charge is 0.502 e. The van der Waals surface area contributed by atoms with Crippen LogP contribution in [-0.2, 0) is 0 Å². The topological polar surface area (TPSA) is 89.4 Å². The first-order chi connectivity index (χ1) is 7.91. The Morgan fingerprint density at radius 3 is 2.50 bits per heavy atom. The Labute approximate surface area is 113 Å². The molecule has 0 saturated heterocycles. The second kappa shape index (κ2) is 7.18. The van der Waals surface area contributed by atoms with Crippen LogP contribution < -0.4 is 5.73 Å². The van der Waals surface area contributed by atoms with Crippen molar-refractivity contribution in [3.8, 4) is 5.75 Å². The SMILES string of the molecule is CC(C)CC[C@H](N)c1ccc(O)c([N+](=O)[O-])c1.Cl. The third-order valence-corrected chi connectivity index (χ3v) is 2.68. The molecule has 0 aliphatic heterocycles. The highest BCUT2D eigenvalue weighted by Gasteiger charge is 2.16. The number of halogens is 1. The molecule has 1 aromatic rings. The van der Waals surface area contributed by atoms with Crippen molar-refractivity contribution in [3.63, 3.8) is 0 Å². The van der Waals surface area contributed by atoms with Crippen LogP contribution in [0.4, 0.5) is 5.69 Å². The maximum Gasteiger partial charge on any atom is 0.311 e. The lowest BCUT2D eigenvalue weighted by atomic mass is 9.98. The van der Waals surface area contributed by atoms with Gasteiger partial charge in [0.25, 0.3) is 0 Å². The molecule has 3 N–H and O–H groups in total. The number of phenolic OH excluding ortho intramolecular Hbond substituents is 1. The summed E-state index contributed by atoms with van der Waals surface area (Å²) in [5, 5.41) is 20.0. The number of nitrogens with two attached hydrogens (primary N) is 1. The average molecular weight is 275 g/mol. The number of benzene rings is 1. The van der Waals surface area contributed by atoms with Gasteiger partial charge in [-0.05, 0) is 30.4 Å². The van der Waals surface area contributed by atoms with E-state index < -0.39 is 4.92 Å². The quantitative estimate of drug-likeness (QED) is 0.637. The third kappa shape index (κ3) is 4.50. The number of aromatic hydroxyl groups is 1. The molecule has 0 bridgehead atoms. The highest BCUT2D eigenvalue weighted by molar-refractivity contribution is 5.85. The number of phenols is 1. The highest BCUT2D eigenvalue weighted by atomic mass is 35.5. The Morgan fingerprint density at radius 1 is 1.39 bits per heavy atom. The molecule has 1 rings (SSSR count). The molecule has 0 aliphatic carbocycles. The van der Waals surface area contributed by atoms with Gasteiger partial charge in [-0.1, -0.05) is 19.9 Å². The molecule has 0 spiro atoms. The van der Waals surface area contributed by atoms with Gasteiger partial charge in [0.15, 0.2) is 5.75 Å². The molecule has 18 heavy (non-hydrogen) atoms. The van der Waals surface area contributed by atoms with E-state index in [0.29, 0.717) is 11.5 Å². The first kappa shape index (κ1) is 16.7. The summed E-state index contributed by atoms with van der Waals surface area (Å²) in [7, 11) is 0. The smallest absolute Gasteiger partial charge is 0.311 e. The van der Waals surface area contributed by atoms with E-state index in [9.17, 15) is 15.2 Å². The zero-order valence-electron chi connectivity index (χ0n) is 10.5. The van der Waals surface area contributed by atoms with Crippen LogP contribution in [-0.4, -0.2) is 10.0 Å². The van der Waals surface area contributed by atoms with E-state index in [1.54, 1.807) is 6.07 Å². The minimum Gasteiger partial charge on any atom is -0.502 e. The predicted molar refractivity (Wildman–Crippen MR) is 73.0 cm³/mol. The number of nitro benzene ring substituents is 1. The fraction of sp³-hybridized carbons (Fsp3) is 0.500. The van der Waals surface area contributed by atoms with Gasteiger partial charge in [0.05, 0.1) is 4.92 Å². The molecule has 0 amide bonds. The van der Waals surface area contributed by atoms with Crippen LogP contribution >= 0.6 is 12.4 Å². The average Bonchev–Trinajstić information content (AvgIpc) is 2.26. The van der Waals surface area contributed by atoms with Crippen LogP contribution in [0.5, 0.6) is 5.75 Å². The van der Waals surface area contributed by atoms with Gasteiger partial charge in [0.2, 0.25) is 0 Å². The number of hydrogen-bond donors (Lipinski definition) is 2. The predicted octanol–water partition coefficient (Wildman–Crippen LogP) is 3.16. The van der Waals surface area contributed by atoms with Gasteiger partial charge in [0.1, 0.15) is 0 Å². The van der Waals surface area contributed by atoms with E-state index in [-0.39, 0.29) is 29.9 Å². The molecule has 6 heteroatoms. The van der Waals surface area contributed by atoms with Crippen molar-refractivity contribution in [3.05, 3.63) is 33.9 Å². The molecular formula is C12H19ClN2O3. The Kier molecular flexibility index (Phi) is 6.65. The number of nitro groups is 1. The molecule has 0 unspecified atom stereocenters. The molecule has 102 valence electrons. The van der Waals surface area contributed by atoms with Gasteiger partial charge in [-0.2, -0.15) is 0 Å². The highest BCUT2D eigenvalue weighted by Crippen LogP contribution is 2.29. The lowest BCUT2D eigenvalue weighted by Gasteiger charge is -2.13. The van der Waals surface area contributed by atoms with Crippen molar-refractivity contribution in [2.24, 2.45) is 11.7 Å². The Bertz CT molecular complexity index is 410. The third-order valence-electron chi connectivity index (χ3n) is 2.68. The molecule has 0 aromatic heterocycles. The van der Waals surface area contributed by atoms with E-state index in [2.05, 4.69) is 13.8 Å². The molecule has 0 saturated carbocycles. The van der Waals surface area contributed by atoms with Crippen LogP contribution in [0.15, 0.2) is 18.2 Å². The number of rotatable bonds is 5. The van der Waals surface area contributed by atoms with E-state index >= 15 is 0 Å². The summed E-state index contributed by atoms with van der Waals surface area (Å²) in [5.41, 5.74) is 6.36. The fourth-order valence-electron chi connectivity index (χ4n) is 1.60. The summed E-state index contributed by atoms with van der Waals surface area (Å²) in [6.45, 7) is 4.21. The second-order valence-electron chi connectivity index (χ2n) is 4.58. The van der Waals surface area contributed by atoms with Gasteiger partial charge in [-0.3, -0.25) is 10.1 Å². The molecule has 0 aliphatic rings. The van der Waals surface area contributed by atoms with Crippen LogP contribution in [0, 0.1) is 16.0 Å². The molecule has 1 aromatic carbocycles. The molecule has 1 atom stereocenters. The monoisotopic (exact) mass is 274 g/mol. The van der Waals surface area contributed by atoms with E-state index in [1.165, 1.54) is 12.1 Å². The lowest BCUT2D eigenvalue weighted by Crippen LogP contribution is -2.11. The van der Waals surface area contributed by atoms with Gasteiger partial charge >= 0.3 is 5.69 Å². The first-order valence-corrected chi connectivity index (χ1v) is 5.64. The summed E-state index contributed by atoms with van der Waals surface area (Å²) < 4.78 is 0. The second-order valence-corrected chi connectivity index (χ2v) is 4.58. The summed E-state index contributed by atoms with van der Waals surface area (Å²) in [6.07, 6.45) is 1.75. The molecule has 0 fully saturated rings. The Morgan fingerprint density at radius 2 is 2.00 bits per heavy atom. The van der Waals surface area contributed by atoms with E-state index in [1.807, 2.05) is 0 Å². The fourth-order valence-corrected chi connectivity index (χ4v) is 1.60. The summed E-state index contributed by atoms with van der Waals surface area (Å²) in [5.74, 6) is 0.225. The van der Waals surface area contributed by atoms with Crippen molar-refractivity contribution in [2.45, 2.75) is 32.7 Å². The standard InChI is InChI=1S/C12H18N2O3.ClH/c1-8(2)3-5-10(13)9-4-6-12(15)11(7-9)14(16)17;/h4,6-8,10,15H,3,5,13H2,1-2H3;1H/t10-;/m0./s1. The van der Waals surface area contributed by atoms with E-state index in [4.69, 9.17) is 5.73 Å². The normalized spacial score (nSPS) is 12.0. The zero-order valence-corrected chi connectivity index (χ0v) is 11.3. The van der Waals surface area contributed by atoms with Gasteiger partial charge in [-0.25, -0.2) is 0 Å². The summed E-state index contributed by atoms with van der Waals surface area (Å²) in [6, 6.07) is 4.08. The minimum atomic E-state index is -0.603. The Balaban J connectivity index is 0.00000289. The summed E-state index contributed by atoms with van der Waals surface area (Å²) >= 11 is 0.